The molecule has 2 aromatic heterocycles. The molecule has 3 aliphatic rings. The summed E-state index contributed by atoms with van der Waals surface area (Å²) in [6.07, 6.45) is 3.12. The smallest absolute Gasteiger partial charge is 0.306 e. The number of fused-ring (bicyclic) bond motifs is 2. The van der Waals surface area contributed by atoms with Crippen molar-refractivity contribution in [1.82, 2.24) is 19.4 Å². The number of carbonyl (C=O) groups excluding carboxylic acids is 1. The van der Waals surface area contributed by atoms with Gasteiger partial charge in [-0.2, -0.15) is 0 Å². The first-order chi connectivity index (χ1) is 17.0. The first kappa shape index (κ1) is 25.8. The Bertz CT molecular complexity index is 1100. The minimum atomic E-state index is -0.730. The molecule has 0 aliphatic carbocycles. The molecule has 2 aromatic rings. The highest BCUT2D eigenvalue weighted by Crippen LogP contribution is 2.44. The first-order valence-corrected chi connectivity index (χ1v) is 12.9. The lowest BCUT2D eigenvalue weighted by molar-refractivity contribution is -0.199. The van der Waals surface area contributed by atoms with Crippen molar-refractivity contribution in [2.24, 2.45) is 0 Å². The highest BCUT2D eigenvalue weighted by atomic mass is 35.5. The third-order valence-electron chi connectivity index (χ3n) is 6.73. The van der Waals surface area contributed by atoms with Gasteiger partial charge in [0, 0.05) is 31.7 Å². The number of aromatic nitrogens is 3. The van der Waals surface area contributed by atoms with Crippen LogP contribution in [0.1, 0.15) is 53.7 Å². The summed E-state index contributed by atoms with van der Waals surface area (Å²) in [6.45, 7) is 12.1. The number of hydrogen-bond donors (Lipinski definition) is 0. The largest absolute Gasteiger partial charge is 0.460 e. The lowest BCUT2D eigenvalue weighted by Gasteiger charge is -2.37. The number of esters is 1. The van der Waals surface area contributed by atoms with E-state index in [1.54, 1.807) is 0 Å². The highest BCUT2D eigenvalue weighted by Gasteiger charge is 2.56. The summed E-state index contributed by atoms with van der Waals surface area (Å²) >= 11 is 6.28. The zero-order chi connectivity index (χ0) is 25.7. The standard InChI is InChI=1S/C25H35ClN4O6/c1-24(2,3)34-18(31)7-6-15-13-32-11-10-29(15)12-17-19-20(36-25(4,5)35-19)23(33-17)30-9-8-16-21(26)27-14-28-22(16)30/h8-9,14-15,17,19-20,23H,6-7,10-13H2,1-5H3/t15-,17-,19-,20-,23-/m1/s1. The molecule has 198 valence electrons. The molecule has 3 fully saturated rings. The third-order valence-corrected chi connectivity index (χ3v) is 7.03. The molecular formula is C25H35ClN4O6. The fourth-order valence-corrected chi connectivity index (χ4v) is 5.47. The topological polar surface area (TPSA) is 97.2 Å². The molecule has 5 atom stereocenters. The van der Waals surface area contributed by atoms with Gasteiger partial charge < -0.3 is 28.3 Å². The Balaban J connectivity index is 1.32. The van der Waals surface area contributed by atoms with Crippen LogP contribution in [0, 0.1) is 0 Å². The Morgan fingerprint density at radius 1 is 1.25 bits per heavy atom. The normalized spacial score (nSPS) is 30.6. The maximum absolute atomic E-state index is 12.3. The van der Waals surface area contributed by atoms with Gasteiger partial charge in [-0.15, -0.1) is 0 Å². The SMILES string of the molecule is CC(C)(C)OC(=O)CC[C@@H]1COCCN1C[C@H]1O[C@@H](n2ccc3c(Cl)ncnc32)[C@@H]2OC(C)(C)O[C@@H]21. The van der Waals surface area contributed by atoms with E-state index in [1.807, 2.05) is 51.4 Å². The van der Waals surface area contributed by atoms with Crippen LogP contribution in [0.2, 0.25) is 5.15 Å². The fourth-order valence-electron chi connectivity index (χ4n) is 5.28. The van der Waals surface area contributed by atoms with E-state index in [0.717, 1.165) is 11.9 Å². The Hall–Kier alpha value is -1.82. The minimum Gasteiger partial charge on any atom is -0.460 e. The monoisotopic (exact) mass is 522 g/mol. The van der Waals surface area contributed by atoms with Crippen LogP contribution < -0.4 is 0 Å². The van der Waals surface area contributed by atoms with Gasteiger partial charge in [0.25, 0.3) is 0 Å². The van der Waals surface area contributed by atoms with Gasteiger partial charge >= 0.3 is 5.97 Å². The van der Waals surface area contributed by atoms with Gasteiger partial charge in [-0.1, -0.05) is 11.6 Å². The molecule has 0 aromatic carbocycles. The second-order valence-corrected chi connectivity index (χ2v) is 11.5. The van der Waals surface area contributed by atoms with Crippen molar-refractivity contribution in [3.63, 3.8) is 0 Å². The summed E-state index contributed by atoms with van der Waals surface area (Å²) in [4.78, 5) is 23.2. The van der Waals surface area contributed by atoms with Gasteiger partial charge in [-0.3, -0.25) is 9.69 Å². The molecule has 0 spiro atoms. The second-order valence-electron chi connectivity index (χ2n) is 11.1. The van der Waals surface area contributed by atoms with E-state index in [1.165, 1.54) is 6.33 Å². The highest BCUT2D eigenvalue weighted by molar-refractivity contribution is 6.33. The number of carbonyl (C=O) groups is 1. The average Bonchev–Trinajstić information content (AvgIpc) is 3.44. The van der Waals surface area contributed by atoms with Gasteiger partial charge in [-0.25, -0.2) is 9.97 Å². The molecule has 11 heteroatoms. The molecule has 0 unspecified atom stereocenters. The Labute approximate surface area is 216 Å². The molecule has 0 radical (unpaired) electrons. The van der Waals surface area contributed by atoms with E-state index < -0.39 is 17.6 Å². The molecule has 3 aliphatic heterocycles. The molecular weight excluding hydrogens is 488 g/mol. The maximum atomic E-state index is 12.3. The first-order valence-electron chi connectivity index (χ1n) is 12.5. The third kappa shape index (κ3) is 5.39. The van der Waals surface area contributed by atoms with Gasteiger partial charge in [0.15, 0.2) is 12.0 Å². The minimum absolute atomic E-state index is 0.0849. The van der Waals surface area contributed by atoms with Crippen LogP contribution in [0.15, 0.2) is 18.6 Å². The van der Waals surface area contributed by atoms with Crippen molar-refractivity contribution >= 4 is 28.6 Å². The summed E-state index contributed by atoms with van der Waals surface area (Å²) in [5, 5.41) is 1.16. The van der Waals surface area contributed by atoms with Crippen LogP contribution in [0.25, 0.3) is 11.0 Å². The van der Waals surface area contributed by atoms with Crippen molar-refractivity contribution in [3.8, 4) is 0 Å². The molecule has 0 saturated carbocycles. The number of morpholine rings is 1. The molecule has 36 heavy (non-hydrogen) atoms. The van der Waals surface area contributed by atoms with E-state index in [-0.39, 0.29) is 30.3 Å². The van der Waals surface area contributed by atoms with Crippen molar-refractivity contribution < 1.29 is 28.5 Å². The van der Waals surface area contributed by atoms with Crippen molar-refractivity contribution in [2.45, 2.75) is 89.4 Å². The summed E-state index contributed by atoms with van der Waals surface area (Å²) in [5.41, 5.74) is 0.195. The number of hydrogen-bond acceptors (Lipinski definition) is 9. The second kappa shape index (κ2) is 9.81. The van der Waals surface area contributed by atoms with Crippen LogP contribution in [0.3, 0.4) is 0 Å². The van der Waals surface area contributed by atoms with Crippen LogP contribution in [0.4, 0.5) is 0 Å². The van der Waals surface area contributed by atoms with E-state index in [0.29, 0.717) is 43.4 Å². The van der Waals surface area contributed by atoms with Crippen LogP contribution in [-0.4, -0.2) is 87.4 Å². The van der Waals surface area contributed by atoms with Crippen LogP contribution in [0.5, 0.6) is 0 Å². The Morgan fingerprint density at radius 2 is 2.03 bits per heavy atom. The van der Waals surface area contributed by atoms with Crippen molar-refractivity contribution in [2.75, 3.05) is 26.3 Å². The zero-order valence-electron chi connectivity index (χ0n) is 21.5. The Kier molecular flexibility index (Phi) is 7.03. The molecule has 5 rings (SSSR count). The Morgan fingerprint density at radius 3 is 2.81 bits per heavy atom. The quantitative estimate of drug-likeness (QED) is 0.418. The molecule has 0 bridgehead atoms. The van der Waals surface area contributed by atoms with E-state index in [9.17, 15) is 4.79 Å². The van der Waals surface area contributed by atoms with E-state index >= 15 is 0 Å². The van der Waals surface area contributed by atoms with Crippen molar-refractivity contribution in [3.05, 3.63) is 23.7 Å². The predicted molar refractivity (Wildman–Crippen MR) is 132 cm³/mol. The average molecular weight is 523 g/mol. The van der Waals surface area contributed by atoms with Gasteiger partial charge in [0.05, 0.1) is 18.6 Å². The van der Waals surface area contributed by atoms with E-state index in [2.05, 4.69) is 14.9 Å². The van der Waals surface area contributed by atoms with Crippen LogP contribution >= 0.6 is 11.6 Å². The molecule has 0 amide bonds. The molecule has 3 saturated heterocycles. The number of halogens is 1. The predicted octanol–water partition coefficient (Wildman–Crippen LogP) is 3.32. The fraction of sp³-hybridized carbons (Fsp3) is 0.720. The maximum Gasteiger partial charge on any atom is 0.306 e. The lowest BCUT2D eigenvalue weighted by Crippen LogP contribution is -2.50. The molecule has 5 heterocycles. The summed E-state index contributed by atoms with van der Waals surface area (Å²) in [5.74, 6) is -0.925. The van der Waals surface area contributed by atoms with Gasteiger partial charge in [0.2, 0.25) is 0 Å². The van der Waals surface area contributed by atoms with Crippen LogP contribution in [-0.2, 0) is 28.5 Å². The summed E-state index contributed by atoms with van der Waals surface area (Å²) in [6, 6.07) is 1.97. The number of rotatable bonds is 6. The lowest BCUT2D eigenvalue weighted by atomic mass is 10.1. The number of nitrogens with zero attached hydrogens (tertiary/aromatic N) is 4. The number of ether oxygens (including phenoxy) is 5. The molecule has 10 nitrogen and oxygen atoms in total. The van der Waals surface area contributed by atoms with Gasteiger partial charge in [-0.05, 0) is 47.1 Å². The molecule has 0 N–H and O–H groups in total. The van der Waals surface area contributed by atoms with E-state index in [4.69, 9.17) is 35.3 Å². The van der Waals surface area contributed by atoms with Crippen molar-refractivity contribution in [1.29, 1.82) is 0 Å². The zero-order valence-corrected chi connectivity index (χ0v) is 22.2. The summed E-state index contributed by atoms with van der Waals surface area (Å²) in [7, 11) is 0. The summed E-state index contributed by atoms with van der Waals surface area (Å²) < 4.78 is 32.4. The van der Waals surface area contributed by atoms with Gasteiger partial charge in [0.1, 0.15) is 41.0 Å².